The summed E-state index contributed by atoms with van der Waals surface area (Å²) in [6, 6.07) is 4.89. The Morgan fingerprint density at radius 2 is 1.88 bits per heavy atom. The first-order valence-corrected chi connectivity index (χ1v) is 5.83. The Labute approximate surface area is 107 Å². The minimum absolute atomic E-state index is 0.272. The van der Waals surface area contributed by atoms with Crippen LogP contribution in [0.25, 0.3) is 10.9 Å². The molecule has 2 N–H and O–H groups in total. The number of aromatic amines is 1. The smallest absolute Gasteiger partial charge is 0.341 e. The van der Waals surface area contributed by atoms with E-state index in [0.29, 0.717) is 15.4 Å². The Hall–Kier alpha value is -1.14. The number of hydrogen-bond donors (Lipinski definition) is 2. The number of halogens is 2. The third-order valence-electron chi connectivity index (χ3n) is 2.14. The number of aromatic carboxylic acids is 1. The zero-order valence-corrected chi connectivity index (χ0v) is 10.9. The molecule has 16 heavy (non-hydrogen) atoms. The van der Waals surface area contributed by atoms with Gasteiger partial charge in [-0.15, -0.1) is 0 Å². The van der Waals surface area contributed by atoms with Crippen molar-refractivity contribution >= 4 is 48.7 Å². The average molecular weight is 347 g/mol. The minimum atomic E-state index is -1.24. The van der Waals surface area contributed by atoms with Crippen molar-refractivity contribution in [3.8, 4) is 0 Å². The fourth-order valence-electron chi connectivity index (χ4n) is 1.39. The summed E-state index contributed by atoms with van der Waals surface area (Å²) in [4.78, 5) is 24.8. The van der Waals surface area contributed by atoms with Crippen molar-refractivity contribution in [2.24, 2.45) is 0 Å². The number of hydrogen-bond acceptors (Lipinski definition) is 2. The van der Waals surface area contributed by atoms with E-state index in [1.165, 1.54) is 6.07 Å². The lowest BCUT2D eigenvalue weighted by Gasteiger charge is -2.04. The summed E-state index contributed by atoms with van der Waals surface area (Å²) in [6.45, 7) is 0. The first-order chi connectivity index (χ1) is 7.50. The Morgan fingerprint density at radius 3 is 2.50 bits per heavy atom. The van der Waals surface area contributed by atoms with Gasteiger partial charge in [0.25, 0.3) is 5.56 Å². The molecule has 1 aromatic heterocycles. The third-order valence-corrected chi connectivity index (χ3v) is 3.50. The lowest BCUT2D eigenvalue weighted by Crippen LogP contribution is -2.17. The molecule has 0 fully saturated rings. The highest BCUT2D eigenvalue weighted by molar-refractivity contribution is 9.11. The van der Waals surface area contributed by atoms with E-state index in [9.17, 15) is 9.59 Å². The van der Waals surface area contributed by atoms with Gasteiger partial charge in [0.15, 0.2) is 0 Å². The van der Waals surface area contributed by atoms with Crippen LogP contribution in [0.5, 0.6) is 0 Å². The van der Waals surface area contributed by atoms with Crippen LogP contribution in [0, 0.1) is 0 Å². The van der Waals surface area contributed by atoms with Gasteiger partial charge in [0.05, 0.1) is 5.52 Å². The summed E-state index contributed by atoms with van der Waals surface area (Å²) in [5, 5.41) is 9.48. The number of carboxylic acid groups (broad SMARTS) is 1. The molecule has 0 unspecified atom stereocenters. The van der Waals surface area contributed by atoms with Crippen LogP contribution in [0.3, 0.4) is 0 Å². The largest absolute Gasteiger partial charge is 0.477 e. The molecule has 1 heterocycles. The van der Waals surface area contributed by atoms with Gasteiger partial charge in [-0.25, -0.2) is 4.79 Å². The van der Waals surface area contributed by atoms with Crippen LogP contribution in [0.1, 0.15) is 10.4 Å². The van der Waals surface area contributed by atoms with Crippen LogP contribution >= 0.6 is 31.9 Å². The van der Waals surface area contributed by atoms with E-state index in [2.05, 4.69) is 36.8 Å². The molecule has 0 aliphatic rings. The summed E-state index contributed by atoms with van der Waals surface area (Å²) < 4.78 is 1.43. The molecule has 0 spiro atoms. The van der Waals surface area contributed by atoms with Gasteiger partial charge in [0.1, 0.15) is 5.56 Å². The Balaban J connectivity index is 2.95. The lowest BCUT2D eigenvalue weighted by molar-refractivity contribution is 0.0695. The molecule has 0 aliphatic heterocycles. The minimum Gasteiger partial charge on any atom is -0.477 e. The number of benzene rings is 1. The number of nitrogens with one attached hydrogen (secondary N) is 1. The summed E-state index contributed by atoms with van der Waals surface area (Å²) >= 11 is 6.59. The second-order valence-corrected chi connectivity index (χ2v) is 4.84. The topological polar surface area (TPSA) is 70.2 Å². The number of H-pyrrole nitrogens is 1. The van der Waals surface area contributed by atoms with Crippen molar-refractivity contribution in [3.05, 3.63) is 43.1 Å². The molecule has 0 amide bonds. The molecule has 82 valence electrons. The van der Waals surface area contributed by atoms with Gasteiger partial charge < -0.3 is 10.1 Å². The van der Waals surface area contributed by atoms with Gasteiger partial charge in [-0.2, -0.15) is 0 Å². The highest BCUT2D eigenvalue weighted by atomic mass is 79.9. The molecule has 0 saturated carbocycles. The molecule has 0 bridgehead atoms. The molecule has 0 saturated heterocycles. The van der Waals surface area contributed by atoms with E-state index in [4.69, 9.17) is 5.11 Å². The van der Waals surface area contributed by atoms with Crippen LogP contribution in [-0.2, 0) is 0 Å². The van der Waals surface area contributed by atoms with Crippen LogP contribution in [-0.4, -0.2) is 16.1 Å². The second kappa shape index (κ2) is 4.03. The van der Waals surface area contributed by atoms with Gasteiger partial charge in [-0.05, 0) is 34.1 Å². The second-order valence-electron chi connectivity index (χ2n) is 3.14. The maximum absolute atomic E-state index is 11.5. The van der Waals surface area contributed by atoms with Gasteiger partial charge in [0.2, 0.25) is 0 Å². The van der Waals surface area contributed by atoms with Gasteiger partial charge in [0, 0.05) is 14.3 Å². The molecular formula is C10H5Br2NO3. The summed E-state index contributed by atoms with van der Waals surface area (Å²) in [5.41, 5.74) is -0.311. The maximum atomic E-state index is 11.5. The number of carboxylic acids is 1. The zero-order valence-electron chi connectivity index (χ0n) is 7.75. The molecule has 6 heteroatoms. The highest BCUT2D eigenvalue weighted by Gasteiger charge is 2.12. The molecule has 0 atom stereocenters. The van der Waals surface area contributed by atoms with Crippen molar-refractivity contribution in [2.45, 2.75) is 0 Å². The Kier molecular flexibility index (Phi) is 2.86. The van der Waals surface area contributed by atoms with E-state index in [-0.39, 0.29) is 5.56 Å². The quantitative estimate of drug-likeness (QED) is 0.834. The summed E-state index contributed by atoms with van der Waals surface area (Å²) in [6.07, 6.45) is 0. The fraction of sp³-hybridized carbons (Fsp3) is 0. The van der Waals surface area contributed by atoms with E-state index in [0.717, 1.165) is 4.47 Å². The number of aromatic nitrogens is 1. The maximum Gasteiger partial charge on any atom is 0.341 e. The van der Waals surface area contributed by atoms with Crippen molar-refractivity contribution in [2.75, 3.05) is 0 Å². The van der Waals surface area contributed by atoms with Crippen LogP contribution < -0.4 is 5.56 Å². The first-order valence-electron chi connectivity index (χ1n) is 4.25. The summed E-state index contributed by atoms with van der Waals surface area (Å²) in [7, 11) is 0. The molecule has 2 rings (SSSR count). The van der Waals surface area contributed by atoms with Crippen LogP contribution in [0.15, 0.2) is 31.9 Å². The van der Waals surface area contributed by atoms with Gasteiger partial charge >= 0.3 is 5.97 Å². The fourth-order valence-corrected chi connectivity index (χ4v) is 2.28. The molecule has 2 aromatic rings. The predicted molar refractivity (Wildman–Crippen MR) is 66.9 cm³/mol. The number of carbonyl (C=O) groups is 1. The van der Waals surface area contributed by atoms with E-state index < -0.39 is 11.5 Å². The van der Waals surface area contributed by atoms with Gasteiger partial charge in [-0.3, -0.25) is 4.79 Å². The standard InChI is InChI=1S/C10H5Br2NO3/c11-6-1-2-7(12)8-4(6)3-5(10(15)16)9(14)13-8/h1-3H,(H,13,14)(H,15,16). The molecule has 0 radical (unpaired) electrons. The third kappa shape index (κ3) is 1.78. The van der Waals surface area contributed by atoms with E-state index in [1.807, 2.05) is 0 Å². The van der Waals surface area contributed by atoms with Crippen molar-refractivity contribution < 1.29 is 9.90 Å². The molecule has 0 aliphatic carbocycles. The Bertz CT molecular complexity index is 648. The molecular weight excluding hydrogens is 342 g/mol. The molecule has 4 nitrogen and oxygen atoms in total. The first kappa shape index (κ1) is 11.3. The van der Waals surface area contributed by atoms with E-state index >= 15 is 0 Å². The van der Waals surface area contributed by atoms with Crippen molar-refractivity contribution in [1.29, 1.82) is 0 Å². The van der Waals surface area contributed by atoms with Crippen molar-refractivity contribution in [3.63, 3.8) is 0 Å². The number of pyridine rings is 1. The summed E-state index contributed by atoms with van der Waals surface area (Å²) in [5.74, 6) is -1.24. The predicted octanol–water partition coefficient (Wildman–Crippen LogP) is 2.75. The number of fused-ring (bicyclic) bond motifs is 1. The Morgan fingerprint density at radius 1 is 1.25 bits per heavy atom. The zero-order chi connectivity index (χ0) is 11.9. The SMILES string of the molecule is O=C(O)c1cc2c(Br)ccc(Br)c2[nH]c1=O. The lowest BCUT2D eigenvalue weighted by atomic mass is 10.1. The van der Waals surface area contributed by atoms with Gasteiger partial charge in [-0.1, -0.05) is 15.9 Å². The van der Waals surface area contributed by atoms with Crippen LogP contribution in [0.4, 0.5) is 0 Å². The van der Waals surface area contributed by atoms with E-state index in [1.54, 1.807) is 12.1 Å². The molecule has 1 aromatic carbocycles. The normalized spacial score (nSPS) is 10.6. The monoisotopic (exact) mass is 345 g/mol. The number of rotatable bonds is 1. The average Bonchev–Trinajstić information content (AvgIpc) is 2.23. The van der Waals surface area contributed by atoms with Crippen LogP contribution in [0.2, 0.25) is 0 Å². The van der Waals surface area contributed by atoms with Crippen molar-refractivity contribution in [1.82, 2.24) is 4.98 Å². The highest BCUT2D eigenvalue weighted by Crippen LogP contribution is 2.28.